The fourth-order valence-electron chi connectivity index (χ4n) is 2.43. The van der Waals surface area contributed by atoms with Crippen LogP contribution in [0.5, 0.6) is 0 Å². The van der Waals surface area contributed by atoms with E-state index >= 15 is 0 Å². The topological polar surface area (TPSA) is 104 Å². The van der Waals surface area contributed by atoms with Gasteiger partial charge in [0, 0.05) is 0 Å². The number of esters is 1. The average molecular weight is 292 g/mol. The highest BCUT2D eigenvalue weighted by Crippen LogP contribution is 2.54. The van der Waals surface area contributed by atoms with Crippen LogP contribution in [-0.4, -0.2) is 32.1 Å². The van der Waals surface area contributed by atoms with Crippen LogP contribution in [0.3, 0.4) is 0 Å². The minimum absolute atomic E-state index is 0.125. The van der Waals surface area contributed by atoms with Crippen molar-refractivity contribution in [1.82, 2.24) is 0 Å². The molecule has 2 atom stereocenters. The van der Waals surface area contributed by atoms with E-state index in [0.29, 0.717) is 19.3 Å². The molecule has 1 heterocycles. The first-order valence-corrected chi connectivity index (χ1v) is 8.07. The molecule has 1 unspecified atom stereocenters. The third kappa shape index (κ3) is 3.02. The molecule has 1 rings (SSSR count). The zero-order valence-corrected chi connectivity index (χ0v) is 12.3. The smallest absolute Gasteiger partial charge is 0.338 e. The van der Waals surface area contributed by atoms with Crippen LogP contribution in [-0.2, 0) is 14.1 Å². The van der Waals surface area contributed by atoms with Crippen molar-refractivity contribution >= 4 is 13.6 Å². The molecule has 3 N–H and O–H groups in total. The Kier molecular flexibility index (Phi) is 4.82. The predicted molar refractivity (Wildman–Crippen MR) is 69.8 cm³/mol. The second-order valence-corrected chi connectivity index (χ2v) is 6.77. The summed E-state index contributed by atoms with van der Waals surface area (Å²) in [6, 6.07) is 0. The Morgan fingerprint density at radius 3 is 2.32 bits per heavy atom. The minimum atomic E-state index is -4.49. The standard InChI is InChI=1S/C12H21O6P/c1-4-6-8-10(13)12(3,18-11(8)14)9(7-5-2)19(15,16)17/h9,13H,4-7H2,1-3H3,(H2,15,16,17)/t9?,12-/m1/s1. The summed E-state index contributed by atoms with van der Waals surface area (Å²) in [5.74, 6) is -1.02. The Labute approximate surface area is 112 Å². The molecular weight excluding hydrogens is 271 g/mol. The molecule has 1 aliphatic heterocycles. The molecule has 0 radical (unpaired) electrons. The molecule has 0 amide bonds. The Bertz CT molecular complexity index is 438. The molecule has 0 aromatic carbocycles. The van der Waals surface area contributed by atoms with Crippen molar-refractivity contribution in [2.75, 3.05) is 0 Å². The highest BCUT2D eigenvalue weighted by molar-refractivity contribution is 7.52. The van der Waals surface area contributed by atoms with Crippen molar-refractivity contribution in [3.63, 3.8) is 0 Å². The Balaban J connectivity index is 3.23. The van der Waals surface area contributed by atoms with E-state index in [1.54, 1.807) is 6.92 Å². The normalized spacial score (nSPS) is 25.6. The van der Waals surface area contributed by atoms with Gasteiger partial charge in [-0.05, 0) is 19.8 Å². The van der Waals surface area contributed by atoms with Crippen molar-refractivity contribution in [3.8, 4) is 0 Å². The van der Waals surface area contributed by atoms with Gasteiger partial charge in [0.15, 0.2) is 5.60 Å². The quantitative estimate of drug-likeness (QED) is 0.512. The van der Waals surface area contributed by atoms with Gasteiger partial charge in [0.2, 0.25) is 0 Å². The molecule has 6 nitrogen and oxygen atoms in total. The molecule has 0 fully saturated rings. The van der Waals surface area contributed by atoms with Gasteiger partial charge in [0.05, 0.1) is 5.57 Å². The van der Waals surface area contributed by atoms with Crippen LogP contribution >= 0.6 is 7.60 Å². The number of rotatable bonds is 6. The number of hydrogen-bond acceptors (Lipinski definition) is 4. The SMILES string of the molecule is CCCC1=C(O)[C@@](C)(C(CCC)P(=O)(O)O)OC1=O. The van der Waals surface area contributed by atoms with Crippen LogP contribution in [0, 0.1) is 0 Å². The molecule has 19 heavy (non-hydrogen) atoms. The van der Waals surface area contributed by atoms with Crippen LogP contribution < -0.4 is 0 Å². The maximum atomic E-state index is 11.7. The first-order valence-electron chi connectivity index (χ1n) is 6.39. The molecule has 0 aliphatic carbocycles. The third-order valence-corrected chi connectivity index (χ3v) is 4.97. The van der Waals surface area contributed by atoms with Crippen molar-refractivity contribution in [3.05, 3.63) is 11.3 Å². The second kappa shape index (κ2) is 5.65. The zero-order valence-electron chi connectivity index (χ0n) is 11.4. The van der Waals surface area contributed by atoms with Gasteiger partial charge in [-0.15, -0.1) is 0 Å². The van der Waals surface area contributed by atoms with E-state index in [2.05, 4.69) is 0 Å². The highest BCUT2D eigenvalue weighted by Gasteiger charge is 2.55. The summed E-state index contributed by atoms with van der Waals surface area (Å²) in [5, 5.41) is 10.2. The van der Waals surface area contributed by atoms with Gasteiger partial charge in [-0.3, -0.25) is 4.57 Å². The van der Waals surface area contributed by atoms with Crippen LogP contribution in [0.1, 0.15) is 46.5 Å². The lowest BCUT2D eigenvalue weighted by molar-refractivity contribution is -0.147. The Morgan fingerprint density at radius 1 is 1.32 bits per heavy atom. The fraction of sp³-hybridized carbons (Fsp3) is 0.750. The Hall–Kier alpha value is -0.840. The van der Waals surface area contributed by atoms with Crippen molar-refractivity contribution in [2.45, 2.75) is 57.7 Å². The molecule has 0 bridgehead atoms. The fourth-order valence-corrected chi connectivity index (χ4v) is 3.84. The molecule has 0 aromatic heterocycles. The molecule has 0 saturated carbocycles. The summed E-state index contributed by atoms with van der Waals surface area (Å²) in [7, 11) is -4.49. The van der Waals surface area contributed by atoms with Crippen LogP contribution in [0.25, 0.3) is 0 Å². The predicted octanol–water partition coefficient (Wildman–Crippen LogP) is 2.26. The zero-order chi connectivity index (χ0) is 14.8. The maximum absolute atomic E-state index is 11.7. The molecule has 0 aromatic rings. The first-order chi connectivity index (χ1) is 8.68. The number of hydrogen-bond donors (Lipinski definition) is 3. The number of cyclic esters (lactones) is 1. The molecular formula is C12H21O6P. The average Bonchev–Trinajstić information content (AvgIpc) is 2.49. The number of aliphatic hydroxyl groups excluding tert-OH is 1. The lowest BCUT2D eigenvalue weighted by Gasteiger charge is -2.32. The van der Waals surface area contributed by atoms with Crippen LogP contribution in [0.15, 0.2) is 11.3 Å². The van der Waals surface area contributed by atoms with Gasteiger partial charge >= 0.3 is 13.6 Å². The van der Waals surface area contributed by atoms with Gasteiger partial charge in [-0.1, -0.05) is 26.7 Å². The number of ether oxygens (including phenoxy) is 1. The van der Waals surface area contributed by atoms with E-state index in [9.17, 15) is 24.3 Å². The summed E-state index contributed by atoms with van der Waals surface area (Å²) in [6.45, 7) is 4.98. The van der Waals surface area contributed by atoms with Crippen molar-refractivity contribution < 1.29 is 29.0 Å². The van der Waals surface area contributed by atoms with Crippen molar-refractivity contribution in [1.29, 1.82) is 0 Å². The van der Waals surface area contributed by atoms with E-state index in [1.807, 2.05) is 6.92 Å². The van der Waals surface area contributed by atoms with Gasteiger partial charge in [-0.25, -0.2) is 4.79 Å². The van der Waals surface area contributed by atoms with E-state index in [-0.39, 0.29) is 17.8 Å². The minimum Gasteiger partial charge on any atom is -0.507 e. The lowest BCUT2D eigenvalue weighted by atomic mass is 9.94. The number of carbonyl (C=O) groups is 1. The lowest BCUT2D eigenvalue weighted by Crippen LogP contribution is -2.41. The molecule has 0 saturated heterocycles. The Morgan fingerprint density at radius 2 is 1.89 bits per heavy atom. The van der Waals surface area contributed by atoms with Gasteiger partial charge in [-0.2, -0.15) is 0 Å². The first kappa shape index (κ1) is 16.2. The molecule has 0 spiro atoms. The number of aliphatic hydroxyl groups is 1. The second-order valence-electron chi connectivity index (χ2n) is 4.97. The summed E-state index contributed by atoms with van der Waals surface area (Å²) >= 11 is 0. The van der Waals surface area contributed by atoms with Gasteiger partial charge in [0.1, 0.15) is 11.4 Å². The van der Waals surface area contributed by atoms with Gasteiger partial charge < -0.3 is 19.6 Å². The highest BCUT2D eigenvalue weighted by atomic mass is 31.2. The summed E-state index contributed by atoms with van der Waals surface area (Å²) in [6.07, 6.45) is 1.65. The third-order valence-electron chi connectivity index (χ3n) is 3.41. The van der Waals surface area contributed by atoms with Crippen molar-refractivity contribution in [2.24, 2.45) is 0 Å². The number of carbonyl (C=O) groups excluding carboxylic acids is 1. The summed E-state index contributed by atoms with van der Waals surface area (Å²) < 4.78 is 16.7. The van der Waals surface area contributed by atoms with E-state index in [0.717, 1.165) is 0 Å². The van der Waals surface area contributed by atoms with Gasteiger partial charge in [0.25, 0.3) is 0 Å². The maximum Gasteiger partial charge on any atom is 0.338 e. The summed E-state index contributed by atoms with van der Waals surface area (Å²) in [4.78, 5) is 30.6. The van der Waals surface area contributed by atoms with E-state index in [4.69, 9.17) is 4.74 Å². The largest absolute Gasteiger partial charge is 0.507 e. The van der Waals surface area contributed by atoms with E-state index in [1.165, 1.54) is 6.92 Å². The van der Waals surface area contributed by atoms with Crippen LogP contribution in [0.2, 0.25) is 0 Å². The van der Waals surface area contributed by atoms with E-state index < -0.39 is 24.8 Å². The molecule has 7 heteroatoms. The molecule has 1 aliphatic rings. The monoisotopic (exact) mass is 292 g/mol. The van der Waals surface area contributed by atoms with Crippen LogP contribution in [0.4, 0.5) is 0 Å². The summed E-state index contributed by atoms with van der Waals surface area (Å²) in [5.41, 5.74) is -2.72. The molecule has 110 valence electrons.